The number of nitrogens with one attached hydrogen (secondary N) is 1. The second-order valence-corrected chi connectivity index (χ2v) is 11.6. The van der Waals surface area contributed by atoms with Crippen LogP contribution < -0.4 is 16.0 Å². The molecule has 3 aromatic rings. The predicted molar refractivity (Wildman–Crippen MR) is 161 cm³/mol. The van der Waals surface area contributed by atoms with Crippen LogP contribution in [0.3, 0.4) is 0 Å². The normalized spacial score (nSPS) is 19.8. The molecule has 1 atom stereocenters. The first kappa shape index (κ1) is 25.9. The van der Waals surface area contributed by atoms with Gasteiger partial charge in [-0.05, 0) is 86.3 Å². The van der Waals surface area contributed by atoms with Crippen molar-refractivity contribution in [1.29, 1.82) is 0 Å². The lowest BCUT2D eigenvalue weighted by Crippen LogP contribution is -2.33. The van der Waals surface area contributed by atoms with Crippen LogP contribution in [0.25, 0.3) is 22.2 Å². The first-order chi connectivity index (χ1) is 19.0. The molecule has 3 aliphatic rings. The highest BCUT2D eigenvalue weighted by Gasteiger charge is 2.29. The highest BCUT2D eigenvalue weighted by atomic mass is 16.1. The monoisotopic (exact) mass is 526 g/mol. The fourth-order valence-corrected chi connectivity index (χ4v) is 6.96. The summed E-state index contributed by atoms with van der Waals surface area (Å²) in [5.74, 6) is -0.186. The number of likely N-dealkylation sites (N-methyl/N-ethyl adjacent to an activating group) is 1. The van der Waals surface area contributed by atoms with E-state index in [1.54, 1.807) is 0 Å². The second-order valence-electron chi connectivity index (χ2n) is 11.6. The summed E-state index contributed by atoms with van der Waals surface area (Å²) in [6.07, 6.45) is 16.1. The van der Waals surface area contributed by atoms with Gasteiger partial charge in [0.15, 0.2) is 0 Å². The number of hydrogen-bond donors (Lipinski definition) is 2. The van der Waals surface area contributed by atoms with Crippen LogP contribution in [0.4, 0.5) is 11.4 Å². The summed E-state index contributed by atoms with van der Waals surface area (Å²) in [6.45, 7) is 6.34. The van der Waals surface area contributed by atoms with Gasteiger partial charge in [0.25, 0.3) is 5.91 Å². The van der Waals surface area contributed by atoms with E-state index in [0.717, 1.165) is 66.2 Å². The van der Waals surface area contributed by atoms with E-state index in [1.165, 1.54) is 50.5 Å². The molecular weight excluding hydrogens is 484 g/mol. The predicted octanol–water partition coefficient (Wildman–Crippen LogP) is 6.27. The number of benzene rings is 2. The van der Waals surface area contributed by atoms with Crippen molar-refractivity contribution >= 4 is 28.3 Å². The molecule has 3 heterocycles. The number of carbonyl (C=O) groups excluding carboxylic acids is 1. The van der Waals surface area contributed by atoms with Crippen molar-refractivity contribution < 1.29 is 4.79 Å². The highest BCUT2D eigenvalue weighted by Crippen LogP contribution is 2.46. The molecule has 2 fully saturated rings. The molecule has 3 N–H and O–H groups in total. The number of fused-ring (bicyclic) bond motifs is 2. The lowest BCUT2D eigenvalue weighted by molar-refractivity contribution is 0.100. The Kier molecular flexibility index (Phi) is 7.34. The van der Waals surface area contributed by atoms with E-state index in [4.69, 9.17) is 10.7 Å². The van der Waals surface area contributed by atoms with Gasteiger partial charge in [0.05, 0.1) is 34.3 Å². The quantitative estimate of drug-likeness (QED) is 0.362. The Hall–Kier alpha value is -3.32. The number of primary amides is 1. The third-order valence-corrected chi connectivity index (χ3v) is 9.18. The number of carbonyl (C=O) groups is 1. The molecule has 1 saturated carbocycles. The minimum absolute atomic E-state index is 0.203. The lowest BCUT2D eigenvalue weighted by atomic mass is 9.83. The van der Waals surface area contributed by atoms with Crippen molar-refractivity contribution in [3.8, 4) is 11.1 Å². The van der Waals surface area contributed by atoms with Crippen molar-refractivity contribution in [1.82, 2.24) is 14.5 Å². The van der Waals surface area contributed by atoms with Crippen LogP contribution in [0.5, 0.6) is 0 Å². The molecule has 0 spiro atoms. The van der Waals surface area contributed by atoms with Gasteiger partial charge in [-0.1, -0.05) is 38.3 Å². The van der Waals surface area contributed by atoms with Gasteiger partial charge in [-0.15, -0.1) is 0 Å². The Labute approximate surface area is 232 Å². The number of imidazole rings is 1. The van der Waals surface area contributed by atoms with Crippen LogP contribution in [0.15, 0.2) is 42.9 Å². The number of hydrogen-bond acceptors (Lipinski definition) is 5. The Morgan fingerprint density at radius 1 is 1.13 bits per heavy atom. The summed E-state index contributed by atoms with van der Waals surface area (Å²) in [5, 5.41) is 3.43. The number of aromatic nitrogens is 2. The zero-order chi connectivity index (χ0) is 26.9. The van der Waals surface area contributed by atoms with Gasteiger partial charge in [0.2, 0.25) is 0 Å². The lowest BCUT2D eigenvalue weighted by Gasteiger charge is -2.31. The first-order valence-corrected chi connectivity index (χ1v) is 14.9. The molecule has 0 radical (unpaired) electrons. The van der Waals surface area contributed by atoms with Gasteiger partial charge in [-0.25, -0.2) is 4.98 Å². The largest absolute Gasteiger partial charge is 0.373 e. The highest BCUT2D eigenvalue weighted by molar-refractivity contribution is 6.07. The van der Waals surface area contributed by atoms with Crippen LogP contribution in [-0.2, 0) is 0 Å². The standard InChI is InChI=1S/C32H42N6O/c1-3-22-13-14-34-31-29(22)25(20-28(30(31)32(33)39)36(2)17-18-37-15-7-8-16-37)23-11-12-27-26(19-23)35-21-38(27)24-9-5-4-6-10-24/h11-14,19-22,24,34H,3-10,15-18H2,1-2H3,(H2,33,39). The average Bonchev–Trinajstić information content (AvgIpc) is 3.64. The summed E-state index contributed by atoms with van der Waals surface area (Å²) < 4.78 is 2.39. The molecule has 1 amide bonds. The average molecular weight is 527 g/mol. The number of nitrogens with zero attached hydrogens (tertiary/aromatic N) is 4. The van der Waals surface area contributed by atoms with Crippen LogP contribution in [0.2, 0.25) is 0 Å². The van der Waals surface area contributed by atoms with E-state index in [9.17, 15) is 4.79 Å². The summed E-state index contributed by atoms with van der Waals surface area (Å²) in [6, 6.07) is 9.46. The number of amides is 1. The maximum atomic E-state index is 12.9. The zero-order valence-electron chi connectivity index (χ0n) is 23.5. The number of anilines is 2. The van der Waals surface area contributed by atoms with Crippen molar-refractivity contribution in [2.75, 3.05) is 43.4 Å². The van der Waals surface area contributed by atoms with Gasteiger partial charge in [-0.3, -0.25) is 4.79 Å². The molecule has 1 aromatic heterocycles. The summed E-state index contributed by atoms with van der Waals surface area (Å²) >= 11 is 0. The maximum absolute atomic E-state index is 12.9. The van der Waals surface area contributed by atoms with Gasteiger partial charge in [-0.2, -0.15) is 0 Å². The van der Waals surface area contributed by atoms with E-state index in [0.29, 0.717) is 11.6 Å². The van der Waals surface area contributed by atoms with Crippen LogP contribution >= 0.6 is 0 Å². The third kappa shape index (κ3) is 4.93. The summed E-state index contributed by atoms with van der Waals surface area (Å²) in [5.41, 5.74) is 14.1. The topological polar surface area (TPSA) is 79.4 Å². The molecule has 7 nitrogen and oxygen atoms in total. The number of rotatable bonds is 8. The SMILES string of the molecule is CCC1C=CNc2c(C(N)=O)c(N(C)CCN3CCCC3)cc(-c3ccc4c(c3)ncn4C3CCCCC3)c21. The van der Waals surface area contributed by atoms with Crippen molar-refractivity contribution in [2.24, 2.45) is 5.73 Å². The van der Waals surface area contributed by atoms with Gasteiger partial charge >= 0.3 is 0 Å². The molecule has 1 unspecified atom stereocenters. The number of likely N-dealkylation sites (tertiary alicyclic amines) is 1. The number of nitrogens with two attached hydrogens (primary N) is 1. The fourth-order valence-electron chi connectivity index (χ4n) is 6.96. The molecular formula is C32H42N6O. The van der Waals surface area contributed by atoms with E-state index in [2.05, 4.69) is 64.0 Å². The fraction of sp³-hybridized carbons (Fsp3) is 0.500. The Morgan fingerprint density at radius 2 is 1.92 bits per heavy atom. The smallest absolute Gasteiger partial charge is 0.252 e. The van der Waals surface area contributed by atoms with Crippen LogP contribution in [0, 0.1) is 0 Å². The van der Waals surface area contributed by atoms with Gasteiger partial charge in [0, 0.05) is 32.1 Å². The molecule has 1 saturated heterocycles. The van der Waals surface area contributed by atoms with Gasteiger partial charge < -0.3 is 25.4 Å². The Balaban J connectivity index is 1.44. The molecule has 2 aromatic carbocycles. The van der Waals surface area contributed by atoms with E-state index in [1.807, 2.05) is 12.5 Å². The molecule has 0 bridgehead atoms. The molecule has 206 valence electrons. The minimum Gasteiger partial charge on any atom is -0.373 e. The second kappa shape index (κ2) is 11.0. The van der Waals surface area contributed by atoms with Crippen LogP contribution in [0.1, 0.15) is 86.2 Å². The summed E-state index contributed by atoms with van der Waals surface area (Å²) in [7, 11) is 2.08. The Morgan fingerprint density at radius 3 is 2.67 bits per heavy atom. The third-order valence-electron chi connectivity index (χ3n) is 9.18. The summed E-state index contributed by atoms with van der Waals surface area (Å²) in [4.78, 5) is 22.5. The molecule has 6 rings (SSSR count). The Bertz CT molecular complexity index is 1380. The molecule has 7 heteroatoms. The van der Waals surface area contributed by atoms with E-state index >= 15 is 0 Å². The van der Waals surface area contributed by atoms with Crippen molar-refractivity contribution in [3.05, 3.63) is 54.0 Å². The van der Waals surface area contributed by atoms with Crippen LogP contribution in [-0.4, -0.2) is 53.6 Å². The van der Waals surface area contributed by atoms with E-state index < -0.39 is 0 Å². The van der Waals surface area contributed by atoms with Crippen molar-refractivity contribution in [3.63, 3.8) is 0 Å². The first-order valence-electron chi connectivity index (χ1n) is 14.9. The molecule has 39 heavy (non-hydrogen) atoms. The number of allylic oxidation sites excluding steroid dienone is 1. The molecule has 1 aliphatic carbocycles. The minimum atomic E-state index is -0.389. The van der Waals surface area contributed by atoms with Gasteiger partial charge in [0.1, 0.15) is 0 Å². The molecule has 2 aliphatic heterocycles. The zero-order valence-corrected chi connectivity index (χ0v) is 23.5. The maximum Gasteiger partial charge on any atom is 0.252 e. The van der Waals surface area contributed by atoms with E-state index in [-0.39, 0.29) is 11.8 Å². The van der Waals surface area contributed by atoms with Crippen molar-refractivity contribution in [2.45, 2.75) is 70.3 Å².